The van der Waals surface area contributed by atoms with Crippen LogP contribution in [0.5, 0.6) is 0 Å². The van der Waals surface area contributed by atoms with Crippen LogP contribution in [-0.4, -0.2) is 11.2 Å². The Balaban J connectivity index is 2.00. The van der Waals surface area contributed by atoms with Crippen LogP contribution in [0.2, 0.25) is 15.1 Å². The predicted octanol–water partition coefficient (Wildman–Crippen LogP) is 5.77. The Kier molecular flexibility index (Phi) is 5.82. The van der Waals surface area contributed by atoms with Crippen molar-refractivity contribution in [3.8, 4) is 0 Å². The summed E-state index contributed by atoms with van der Waals surface area (Å²) in [5.41, 5.74) is 0.584. The molecule has 0 unspecified atom stereocenters. The minimum atomic E-state index is -0.260. The normalized spacial score (nSPS) is 12.0. The molecule has 0 aliphatic heterocycles. The molecule has 1 amide bonds. The van der Waals surface area contributed by atoms with Crippen molar-refractivity contribution >= 4 is 58.2 Å². The number of carbonyl (C=O) groups is 1. The summed E-state index contributed by atoms with van der Waals surface area (Å²) in [4.78, 5) is 13.1. The van der Waals surface area contributed by atoms with Crippen LogP contribution in [0.1, 0.15) is 6.92 Å². The van der Waals surface area contributed by atoms with Crippen LogP contribution >= 0.6 is 46.6 Å². The molecule has 2 rings (SSSR count). The Labute approximate surface area is 142 Å². The highest BCUT2D eigenvalue weighted by Gasteiger charge is 2.15. The fourth-order valence-electron chi connectivity index (χ4n) is 1.64. The number of halogens is 3. The molecule has 6 heteroatoms. The second-order valence-corrected chi connectivity index (χ2v) is 7.08. The highest BCUT2D eigenvalue weighted by Crippen LogP contribution is 2.27. The number of rotatable bonds is 4. The van der Waals surface area contributed by atoms with Crippen LogP contribution < -0.4 is 5.32 Å². The first-order valence-electron chi connectivity index (χ1n) is 6.13. The summed E-state index contributed by atoms with van der Waals surface area (Å²) in [5, 5.41) is 4.18. The lowest BCUT2D eigenvalue weighted by molar-refractivity contribution is -0.115. The van der Waals surface area contributed by atoms with Crippen LogP contribution in [0.3, 0.4) is 0 Å². The average molecular weight is 361 g/mol. The maximum atomic E-state index is 12.2. The smallest absolute Gasteiger partial charge is 0.237 e. The SMILES string of the molecule is C[C@H](Sc1ccc(Cl)cc1)C(=O)Nc1cc(Cl)cc(Cl)c1. The molecule has 0 aromatic heterocycles. The fourth-order valence-corrected chi connectivity index (χ4v) is 3.16. The molecule has 110 valence electrons. The van der Waals surface area contributed by atoms with Crippen molar-refractivity contribution in [2.45, 2.75) is 17.1 Å². The van der Waals surface area contributed by atoms with Gasteiger partial charge in [-0.15, -0.1) is 11.8 Å². The van der Waals surface area contributed by atoms with Gasteiger partial charge in [-0.1, -0.05) is 34.8 Å². The number of carbonyl (C=O) groups excluding carboxylic acids is 1. The summed E-state index contributed by atoms with van der Waals surface area (Å²) >= 11 is 19.1. The van der Waals surface area contributed by atoms with Crippen molar-refractivity contribution in [1.29, 1.82) is 0 Å². The Morgan fingerprint density at radius 3 is 2.14 bits per heavy atom. The van der Waals surface area contributed by atoms with E-state index in [2.05, 4.69) is 5.32 Å². The van der Waals surface area contributed by atoms with Crippen LogP contribution in [0, 0.1) is 0 Å². The van der Waals surface area contributed by atoms with Gasteiger partial charge in [0.15, 0.2) is 0 Å². The molecule has 0 spiro atoms. The van der Waals surface area contributed by atoms with Crippen molar-refractivity contribution < 1.29 is 4.79 Å². The summed E-state index contributed by atoms with van der Waals surface area (Å²) in [6.45, 7) is 1.83. The van der Waals surface area contributed by atoms with Gasteiger partial charge in [0, 0.05) is 25.7 Å². The van der Waals surface area contributed by atoms with E-state index in [0.717, 1.165) is 4.90 Å². The van der Waals surface area contributed by atoms with E-state index in [0.29, 0.717) is 20.8 Å². The van der Waals surface area contributed by atoms with E-state index >= 15 is 0 Å². The number of nitrogens with one attached hydrogen (secondary N) is 1. The first-order valence-corrected chi connectivity index (χ1v) is 8.14. The Hall–Kier alpha value is -0.870. The molecular formula is C15H12Cl3NOS. The van der Waals surface area contributed by atoms with Gasteiger partial charge in [0.2, 0.25) is 5.91 Å². The van der Waals surface area contributed by atoms with Gasteiger partial charge in [-0.3, -0.25) is 4.79 Å². The molecule has 2 aromatic carbocycles. The molecule has 1 atom stereocenters. The lowest BCUT2D eigenvalue weighted by Crippen LogP contribution is -2.22. The minimum absolute atomic E-state index is 0.117. The zero-order chi connectivity index (χ0) is 15.4. The van der Waals surface area contributed by atoms with Crippen LogP contribution in [0.4, 0.5) is 5.69 Å². The zero-order valence-corrected chi connectivity index (χ0v) is 14.2. The molecular weight excluding hydrogens is 349 g/mol. The van der Waals surface area contributed by atoms with E-state index in [1.807, 2.05) is 19.1 Å². The van der Waals surface area contributed by atoms with Gasteiger partial charge in [-0.25, -0.2) is 0 Å². The van der Waals surface area contributed by atoms with E-state index < -0.39 is 0 Å². The van der Waals surface area contributed by atoms with Gasteiger partial charge in [0.05, 0.1) is 5.25 Å². The van der Waals surface area contributed by atoms with Crippen molar-refractivity contribution in [3.63, 3.8) is 0 Å². The largest absolute Gasteiger partial charge is 0.325 e. The molecule has 2 nitrogen and oxygen atoms in total. The third kappa shape index (κ3) is 5.11. The molecule has 21 heavy (non-hydrogen) atoms. The molecule has 0 fully saturated rings. The van der Waals surface area contributed by atoms with E-state index in [4.69, 9.17) is 34.8 Å². The summed E-state index contributed by atoms with van der Waals surface area (Å²) < 4.78 is 0. The van der Waals surface area contributed by atoms with Gasteiger partial charge in [-0.2, -0.15) is 0 Å². The first kappa shape index (κ1) is 16.5. The third-order valence-electron chi connectivity index (χ3n) is 2.63. The fraction of sp³-hybridized carbons (Fsp3) is 0.133. The van der Waals surface area contributed by atoms with Gasteiger partial charge in [0.1, 0.15) is 0 Å². The molecule has 0 heterocycles. The molecule has 2 aromatic rings. The molecule has 0 aliphatic rings. The monoisotopic (exact) mass is 359 g/mol. The third-order valence-corrected chi connectivity index (χ3v) is 4.43. The number of hydrogen-bond donors (Lipinski definition) is 1. The quantitative estimate of drug-likeness (QED) is 0.702. The highest BCUT2D eigenvalue weighted by molar-refractivity contribution is 8.00. The van der Waals surface area contributed by atoms with Gasteiger partial charge in [-0.05, 0) is 49.4 Å². The van der Waals surface area contributed by atoms with Crippen LogP contribution in [0.15, 0.2) is 47.4 Å². The summed E-state index contributed by atoms with van der Waals surface area (Å²) in [5.74, 6) is -0.117. The second-order valence-electron chi connectivity index (χ2n) is 4.36. The second kappa shape index (κ2) is 7.41. The van der Waals surface area contributed by atoms with Crippen LogP contribution in [0.25, 0.3) is 0 Å². The van der Waals surface area contributed by atoms with Crippen molar-refractivity contribution in [2.24, 2.45) is 0 Å². The Morgan fingerprint density at radius 2 is 1.57 bits per heavy atom. The Bertz CT molecular complexity index is 626. The van der Waals surface area contributed by atoms with E-state index in [9.17, 15) is 4.79 Å². The number of amides is 1. The predicted molar refractivity (Wildman–Crippen MR) is 91.9 cm³/mol. The van der Waals surface area contributed by atoms with E-state index in [1.54, 1.807) is 30.3 Å². The van der Waals surface area contributed by atoms with Crippen molar-refractivity contribution in [2.75, 3.05) is 5.32 Å². The maximum Gasteiger partial charge on any atom is 0.237 e. The lowest BCUT2D eigenvalue weighted by atomic mass is 10.3. The summed E-state index contributed by atoms with van der Waals surface area (Å²) in [6, 6.07) is 12.3. The van der Waals surface area contributed by atoms with E-state index in [1.165, 1.54) is 11.8 Å². The molecule has 0 saturated heterocycles. The van der Waals surface area contributed by atoms with Crippen molar-refractivity contribution in [1.82, 2.24) is 0 Å². The number of thioether (sulfide) groups is 1. The first-order chi connectivity index (χ1) is 9.94. The van der Waals surface area contributed by atoms with E-state index in [-0.39, 0.29) is 11.2 Å². The van der Waals surface area contributed by atoms with Crippen LogP contribution in [-0.2, 0) is 4.79 Å². The van der Waals surface area contributed by atoms with Gasteiger partial charge < -0.3 is 5.32 Å². The summed E-state index contributed by atoms with van der Waals surface area (Å²) in [7, 11) is 0. The van der Waals surface area contributed by atoms with Gasteiger partial charge >= 0.3 is 0 Å². The highest BCUT2D eigenvalue weighted by atomic mass is 35.5. The van der Waals surface area contributed by atoms with Crippen molar-refractivity contribution in [3.05, 3.63) is 57.5 Å². The number of anilines is 1. The number of hydrogen-bond acceptors (Lipinski definition) is 2. The zero-order valence-electron chi connectivity index (χ0n) is 11.1. The molecule has 0 saturated carbocycles. The molecule has 0 bridgehead atoms. The standard InChI is InChI=1S/C15H12Cl3NOS/c1-9(21-14-4-2-10(16)3-5-14)15(20)19-13-7-11(17)6-12(18)8-13/h2-9H,1H3,(H,19,20)/t9-/m0/s1. The van der Waals surface area contributed by atoms with Gasteiger partial charge in [0.25, 0.3) is 0 Å². The Morgan fingerprint density at radius 1 is 1.00 bits per heavy atom. The molecule has 0 radical (unpaired) electrons. The number of benzene rings is 2. The lowest BCUT2D eigenvalue weighted by Gasteiger charge is -2.12. The molecule has 1 N–H and O–H groups in total. The summed E-state index contributed by atoms with van der Waals surface area (Å²) in [6.07, 6.45) is 0. The maximum absolute atomic E-state index is 12.2. The topological polar surface area (TPSA) is 29.1 Å². The average Bonchev–Trinajstić information content (AvgIpc) is 2.40. The minimum Gasteiger partial charge on any atom is -0.325 e. The molecule has 0 aliphatic carbocycles.